The van der Waals surface area contributed by atoms with E-state index in [0.29, 0.717) is 5.56 Å². The van der Waals surface area contributed by atoms with Crippen molar-refractivity contribution in [3.63, 3.8) is 0 Å². The third-order valence-corrected chi connectivity index (χ3v) is 2.44. The monoisotopic (exact) mass is 264 g/mol. The lowest BCUT2D eigenvalue weighted by Gasteiger charge is -2.17. The maximum atomic E-state index is 11.7. The molecular weight excluding hydrogens is 244 g/mol. The summed E-state index contributed by atoms with van der Waals surface area (Å²) in [6, 6.07) is 7.09. The summed E-state index contributed by atoms with van der Waals surface area (Å²) < 4.78 is 0. The normalized spacial score (nSPS) is 10.9. The van der Waals surface area contributed by atoms with Gasteiger partial charge in [0.05, 0.1) is 12.1 Å². The fraction of sp³-hybridized carbons (Fsp3) is 0.429. The van der Waals surface area contributed by atoms with Gasteiger partial charge in [-0.25, -0.2) is 0 Å². The summed E-state index contributed by atoms with van der Waals surface area (Å²) in [5.41, 5.74) is 0.622. The Balaban J connectivity index is 2.38. The summed E-state index contributed by atoms with van der Waals surface area (Å²) in [6.07, 6.45) is 0. The molecule has 1 aromatic carbocycles. The van der Waals surface area contributed by atoms with Crippen molar-refractivity contribution in [2.75, 3.05) is 13.1 Å². The molecule has 0 aliphatic carbocycles. The van der Waals surface area contributed by atoms with E-state index < -0.39 is 5.60 Å². The van der Waals surface area contributed by atoms with Gasteiger partial charge in [-0.2, -0.15) is 0 Å². The van der Waals surface area contributed by atoms with Crippen LogP contribution >= 0.6 is 0 Å². The Kier molecular flexibility index (Phi) is 5.06. The molecule has 0 atom stereocenters. The Labute approximate surface area is 113 Å². The number of amides is 2. The van der Waals surface area contributed by atoms with Crippen molar-refractivity contribution in [3.05, 3.63) is 35.4 Å². The molecule has 0 fully saturated rings. The van der Waals surface area contributed by atoms with E-state index in [2.05, 4.69) is 10.6 Å². The van der Waals surface area contributed by atoms with Crippen LogP contribution in [0.25, 0.3) is 0 Å². The Bertz CT molecular complexity index is 447. The van der Waals surface area contributed by atoms with Crippen LogP contribution in [0.2, 0.25) is 0 Å². The van der Waals surface area contributed by atoms with Gasteiger partial charge in [0.15, 0.2) is 0 Å². The number of benzene rings is 1. The number of nitrogens with one attached hydrogen (secondary N) is 2. The first-order valence-electron chi connectivity index (χ1n) is 6.12. The van der Waals surface area contributed by atoms with Gasteiger partial charge in [0.2, 0.25) is 5.91 Å². The third kappa shape index (κ3) is 6.01. The number of rotatable bonds is 5. The van der Waals surface area contributed by atoms with Crippen molar-refractivity contribution in [2.24, 2.45) is 0 Å². The van der Waals surface area contributed by atoms with E-state index >= 15 is 0 Å². The van der Waals surface area contributed by atoms with Gasteiger partial charge in [-0.1, -0.05) is 17.7 Å². The predicted octanol–water partition coefficient (Wildman–Crippen LogP) is 0.612. The first kappa shape index (κ1) is 15.2. The molecule has 5 nitrogen and oxygen atoms in total. The molecule has 0 aliphatic rings. The van der Waals surface area contributed by atoms with Gasteiger partial charge in [0.1, 0.15) is 0 Å². The molecule has 0 aromatic heterocycles. The highest BCUT2D eigenvalue weighted by molar-refractivity contribution is 5.96. The van der Waals surface area contributed by atoms with Crippen molar-refractivity contribution < 1.29 is 14.7 Å². The van der Waals surface area contributed by atoms with Crippen molar-refractivity contribution in [1.82, 2.24) is 10.6 Å². The quantitative estimate of drug-likeness (QED) is 0.729. The van der Waals surface area contributed by atoms with E-state index in [1.165, 1.54) is 0 Å². The van der Waals surface area contributed by atoms with Crippen molar-refractivity contribution >= 4 is 11.8 Å². The SMILES string of the molecule is Cc1ccc(C(=O)NCC(=O)NCC(C)(C)O)cc1. The number of aliphatic hydroxyl groups is 1. The van der Waals surface area contributed by atoms with Gasteiger partial charge in [0.25, 0.3) is 5.91 Å². The molecule has 1 aromatic rings. The smallest absolute Gasteiger partial charge is 0.251 e. The van der Waals surface area contributed by atoms with Crippen LogP contribution in [0.4, 0.5) is 0 Å². The minimum atomic E-state index is -0.962. The second kappa shape index (κ2) is 6.33. The van der Waals surface area contributed by atoms with Crippen molar-refractivity contribution in [2.45, 2.75) is 26.4 Å². The molecule has 0 saturated heterocycles. The molecule has 1 rings (SSSR count). The fourth-order valence-corrected chi connectivity index (χ4v) is 1.34. The molecule has 3 N–H and O–H groups in total. The zero-order valence-electron chi connectivity index (χ0n) is 11.5. The van der Waals surface area contributed by atoms with E-state index in [-0.39, 0.29) is 24.9 Å². The van der Waals surface area contributed by atoms with Gasteiger partial charge >= 0.3 is 0 Å². The molecule has 2 amide bonds. The first-order chi connectivity index (χ1) is 8.78. The first-order valence-corrected chi connectivity index (χ1v) is 6.12. The van der Waals surface area contributed by atoms with Gasteiger partial charge < -0.3 is 15.7 Å². The highest BCUT2D eigenvalue weighted by Gasteiger charge is 2.14. The van der Waals surface area contributed by atoms with E-state index in [1.807, 2.05) is 19.1 Å². The van der Waals surface area contributed by atoms with E-state index in [1.54, 1.807) is 26.0 Å². The van der Waals surface area contributed by atoms with Gasteiger partial charge in [-0.15, -0.1) is 0 Å². The third-order valence-electron chi connectivity index (χ3n) is 2.44. The van der Waals surface area contributed by atoms with Crippen LogP contribution in [-0.2, 0) is 4.79 Å². The van der Waals surface area contributed by atoms with Crippen LogP contribution in [0.1, 0.15) is 29.8 Å². The summed E-state index contributed by atoms with van der Waals surface area (Å²) >= 11 is 0. The number of hydrogen-bond donors (Lipinski definition) is 3. The largest absolute Gasteiger partial charge is 0.389 e. The molecule has 0 aliphatic heterocycles. The van der Waals surface area contributed by atoms with Gasteiger partial charge in [-0.05, 0) is 32.9 Å². The average molecular weight is 264 g/mol. The average Bonchev–Trinajstić information content (AvgIpc) is 2.33. The maximum absolute atomic E-state index is 11.7. The van der Waals surface area contributed by atoms with Crippen LogP contribution in [0.3, 0.4) is 0 Å². The molecule has 0 bridgehead atoms. The molecule has 0 radical (unpaired) electrons. The molecule has 0 heterocycles. The Morgan fingerprint density at radius 2 is 1.74 bits per heavy atom. The summed E-state index contributed by atoms with van der Waals surface area (Å²) in [6.45, 7) is 5.16. The van der Waals surface area contributed by atoms with Crippen LogP contribution < -0.4 is 10.6 Å². The summed E-state index contributed by atoms with van der Waals surface area (Å²) in [5, 5.41) is 14.5. The standard InChI is InChI=1S/C14H20N2O3/c1-10-4-6-11(7-5-10)13(18)15-8-12(17)16-9-14(2,3)19/h4-7,19H,8-9H2,1-3H3,(H,15,18)(H,16,17). The number of aryl methyl sites for hydroxylation is 1. The minimum absolute atomic E-state index is 0.108. The van der Waals surface area contributed by atoms with E-state index in [0.717, 1.165) is 5.56 Å². The number of carbonyl (C=O) groups excluding carboxylic acids is 2. The van der Waals surface area contributed by atoms with Crippen LogP contribution in [0.5, 0.6) is 0 Å². The Morgan fingerprint density at radius 1 is 1.16 bits per heavy atom. The predicted molar refractivity (Wildman–Crippen MR) is 72.8 cm³/mol. The van der Waals surface area contributed by atoms with Crippen LogP contribution in [0, 0.1) is 6.92 Å². The molecule has 19 heavy (non-hydrogen) atoms. The Morgan fingerprint density at radius 3 is 2.26 bits per heavy atom. The lowest BCUT2D eigenvalue weighted by atomic mass is 10.1. The molecule has 0 spiro atoms. The zero-order valence-corrected chi connectivity index (χ0v) is 11.5. The number of hydrogen-bond acceptors (Lipinski definition) is 3. The van der Waals surface area contributed by atoms with Crippen molar-refractivity contribution in [1.29, 1.82) is 0 Å². The Hall–Kier alpha value is -1.88. The lowest BCUT2D eigenvalue weighted by Crippen LogP contribution is -2.43. The molecule has 5 heteroatoms. The van der Waals surface area contributed by atoms with Crippen LogP contribution in [0.15, 0.2) is 24.3 Å². The fourth-order valence-electron chi connectivity index (χ4n) is 1.34. The molecule has 104 valence electrons. The second-order valence-electron chi connectivity index (χ2n) is 5.14. The van der Waals surface area contributed by atoms with E-state index in [4.69, 9.17) is 0 Å². The molecule has 0 saturated carbocycles. The minimum Gasteiger partial charge on any atom is -0.389 e. The summed E-state index contributed by atoms with van der Waals surface area (Å²) in [4.78, 5) is 23.2. The van der Waals surface area contributed by atoms with E-state index in [9.17, 15) is 14.7 Å². The van der Waals surface area contributed by atoms with Gasteiger partial charge in [0, 0.05) is 12.1 Å². The summed E-state index contributed by atoms with van der Waals surface area (Å²) in [7, 11) is 0. The molecular formula is C14H20N2O3. The molecule has 0 unspecified atom stereocenters. The van der Waals surface area contributed by atoms with Crippen LogP contribution in [-0.4, -0.2) is 35.6 Å². The lowest BCUT2D eigenvalue weighted by molar-refractivity contribution is -0.121. The summed E-state index contributed by atoms with van der Waals surface area (Å²) in [5.74, 6) is -0.624. The zero-order chi connectivity index (χ0) is 14.5. The highest BCUT2D eigenvalue weighted by Crippen LogP contribution is 2.02. The maximum Gasteiger partial charge on any atom is 0.251 e. The van der Waals surface area contributed by atoms with Crippen molar-refractivity contribution in [3.8, 4) is 0 Å². The topological polar surface area (TPSA) is 78.4 Å². The highest BCUT2D eigenvalue weighted by atomic mass is 16.3. The number of carbonyl (C=O) groups is 2. The van der Waals surface area contributed by atoms with Gasteiger partial charge in [-0.3, -0.25) is 9.59 Å². The second-order valence-corrected chi connectivity index (χ2v) is 5.14.